The topological polar surface area (TPSA) is 106 Å². The molecule has 2 unspecified atom stereocenters. The monoisotopic (exact) mass is 571 g/mol. The predicted molar refractivity (Wildman–Crippen MR) is 150 cm³/mol. The van der Waals surface area contributed by atoms with Crippen molar-refractivity contribution in [1.82, 2.24) is 0 Å². The third kappa shape index (κ3) is 6.24. The number of hydrogen-bond donors (Lipinski definition) is 1. The van der Waals surface area contributed by atoms with E-state index in [1.807, 2.05) is 30.3 Å². The summed E-state index contributed by atoms with van der Waals surface area (Å²) in [5.74, 6) is 0. The summed E-state index contributed by atoms with van der Waals surface area (Å²) < 4.78 is 57.3. The first-order valence-electron chi connectivity index (χ1n) is 12.8. The van der Waals surface area contributed by atoms with Crippen LogP contribution in [-0.2, 0) is 39.2 Å². The van der Waals surface area contributed by atoms with Gasteiger partial charge in [0, 0.05) is 0 Å². The molecule has 2 aliphatic heterocycles. The maximum absolute atomic E-state index is 12.8. The minimum atomic E-state index is -4.05. The fourth-order valence-electron chi connectivity index (χ4n) is 3.86. The highest BCUT2D eigenvalue weighted by Crippen LogP contribution is 2.49. The summed E-state index contributed by atoms with van der Waals surface area (Å²) in [6, 6.07) is 9.71. The fraction of sp³-hybridized carbons (Fsp3) is 0.692. The standard InChI is InChI=1S/C26H45NO7SSi2/c1-24(2,3)36(7,8)31-17-21-26(20(27)18-35(28,29)34-26)22(33-37(9,10)25(4,5)6)23(32-21)30-16-19-14-12-11-13-15-19/h11-15,18,21-23H,16-17,27H2,1-10H3/t21?,22-,23+,26?/m0/s1. The number of benzene rings is 1. The van der Waals surface area contributed by atoms with Crippen LogP contribution in [0.3, 0.4) is 0 Å². The number of rotatable bonds is 8. The molecule has 0 radical (unpaired) electrons. The van der Waals surface area contributed by atoms with Gasteiger partial charge in [0.15, 0.2) is 28.5 Å². The average Bonchev–Trinajstić information content (AvgIpc) is 3.16. The normalized spacial score (nSPS) is 28.6. The molecule has 1 fully saturated rings. The van der Waals surface area contributed by atoms with Gasteiger partial charge in [-0.2, -0.15) is 8.42 Å². The molecule has 0 bridgehead atoms. The minimum Gasteiger partial charge on any atom is -0.414 e. The van der Waals surface area contributed by atoms with E-state index in [4.69, 9.17) is 28.2 Å². The molecule has 0 aromatic heterocycles. The van der Waals surface area contributed by atoms with E-state index < -0.39 is 50.9 Å². The summed E-state index contributed by atoms with van der Waals surface area (Å²) in [7, 11) is -8.71. The summed E-state index contributed by atoms with van der Waals surface area (Å²) in [4.78, 5) is 0. The molecule has 1 aromatic carbocycles. The van der Waals surface area contributed by atoms with Gasteiger partial charge in [0.1, 0.15) is 12.2 Å². The van der Waals surface area contributed by atoms with Crippen molar-refractivity contribution >= 4 is 26.8 Å². The lowest BCUT2D eigenvalue weighted by molar-refractivity contribution is -0.172. The van der Waals surface area contributed by atoms with Crippen LogP contribution in [0.5, 0.6) is 0 Å². The third-order valence-corrected chi connectivity index (χ3v) is 18.3. The van der Waals surface area contributed by atoms with E-state index >= 15 is 0 Å². The van der Waals surface area contributed by atoms with Crippen LogP contribution in [-0.4, -0.2) is 55.8 Å². The molecule has 0 amide bonds. The number of nitrogens with two attached hydrogens (primary N) is 1. The van der Waals surface area contributed by atoms with E-state index in [1.54, 1.807) is 0 Å². The van der Waals surface area contributed by atoms with E-state index in [0.29, 0.717) is 0 Å². The second kappa shape index (κ2) is 10.2. The van der Waals surface area contributed by atoms with Gasteiger partial charge in [-0.1, -0.05) is 71.9 Å². The van der Waals surface area contributed by atoms with Gasteiger partial charge in [0.05, 0.1) is 24.3 Å². The van der Waals surface area contributed by atoms with Gasteiger partial charge < -0.3 is 24.1 Å². The summed E-state index contributed by atoms with van der Waals surface area (Å²) >= 11 is 0. The highest BCUT2D eigenvalue weighted by atomic mass is 32.2. The van der Waals surface area contributed by atoms with E-state index in [1.165, 1.54) is 0 Å². The summed E-state index contributed by atoms with van der Waals surface area (Å²) in [6.07, 6.45) is -2.66. The third-order valence-electron chi connectivity index (χ3n) is 8.31. The second-order valence-corrected chi connectivity index (χ2v) is 24.1. The predicted octanol–water partition coefficient (Wildman–Crippen LogP) is 5.24. The first-order valence-corrected chi connectivity index (χ1v) is 20.1. The van der Waals surface area contributed by atoms with Gasteiger partial charge in [0.25, 0.3) is 10.1 Å². The molecule has 8 nitrogen and oxygen atoms in total. The molecule has 2 N–H and O–H groups in total. The Labute approximate surface area is 225 Å². The lowest BCUT2D eigenvalue weighted by Crippen LogP contribution is -2.59. The van der Waals surface area contributed by atoms with Crippen molar-refractivity contribution in [3.05, 3.63) is 47.0 Å². The van der Waals surface area contributed by atoms with Gasteiger partial charge in [-0.05, 0) is 41.8 Å². The Kier molecular flexibility index (Phi) is 8.37. The van der Waals surface area contributed by atoms with Gasteiger partial charge >= 0.3 is 0 Å². The molecule has 1 spiro atoms. The van der Waals surface area contributed by atoms with Crippen molar-refractivity contribution in [2.45, 2.75) is 109 Å². The highest BCUT2D eigenvalue weighted by molar-refractivity contribution is 7.90. The maximum Gasteiger partial charge on any atom is 0.292 e. The Bertz CT molecular complexity index is 1090. The van der Waals surface area contributed by atoms with Crippen LogP contribution in [0.25, 0.3) is 0 Å². The van der Waals surface area contributed by atoms with Crippen LogP contribution in [0, 0.1) is 0 Å². The van der Waals surface area contributed by atoms with E-state index in [0.717, 1.165) is 11.0 Å². The molecular formula is C26H45NO7SSi2. The van der Waals surface area contributed by atoms with E-state index in [9.17, 15) is 8.42 Å². The molecular weight excluding hydrogens is 527 g/mol. The van der Waals surface area contributed by atoms with Crippen molar-refractivity contribution in [2.75, 3.05) is 6.61 Å². The van der Waals surface area contributed by atoms with Crippen molar-refractivity contribution in [3.63, 3.8) is 0 Å². The van der Waals surface area contributed by atoms with Crippen molar-refractivity contribution in [1.29, 1.82) is 0 Å². The molecule has 37 heavy (non-hydrogen) atoms. The largest absolute Gasteiger partial charge is 0.414 e. The van der Waals surface area contributed by atoms with Crippen LogP contribution < -0.4 is 5.73 Å². The lowest BCUT2D eigenvalue weighted by Gasteiger charge is -2.43. The summed E-state index contributed by atoms with van der Waals surface area (Å²) in [6.45, 7) is 21.6. The Hall–Kier alpha value is -1.06. The molecule has 3 rings (SSSR count). The highest BCUT2D eigenvalue weighted by Gasteiger charge is 2.67. The summed E-state index contributed by atoms with van der Waals surface area (Å²) in [5, 5.41) is 0.754. The zero-order chi connectivity index (χ0) is 28.1. The Morgan fingerprint density at radius 2 is 1.54 bits per heavy atom. The fourth-order valence-corrected chi connectivity index (χ4v) is 7.36. The quantitative estimate of drug-likeness (QED) is 0.334. The first-order chi connectivity index (χ1) is 16.7. The zero-order valence-corrected chi connectivity index (χ0v) is 26.8. The van der Waals surface area contributed by atoms with Gasteiger partial charge in [-0.25, -0.2) is 4.18 Å². The SMILES string of the molecule is CC(C)(C)[Si](C)(C)OCC1O[C@@H](OCc2ccccc2)[C@H](O[Si](C)(C)C(C)(C)C)C12OS(=O)(=O)C=C2N. The molecule has 2 heterocycles. The Morgan fingerprint density at radius 1 is 0.973 bits per heavy atom. The van der Waals surface area contributed by atoms with Crippen molar-refractivity contribution in [3.8, 4) is 0 Å². The molecule has 0 saturated carbocycles. The molecule has 0 aliphatic carbocycles. The Morgan fingerprint density at radius 3 is 2.03 bits per heavy atom. The van der Waals surface area contributed by atoms with E-state index in [-0.39, 0.29) is 29.0 Å². The molecule has 1 aromatic rings. The van der Waals surface area contributed by atoms with Crippen molar-refractivity contribution in [2.24, 2.45) is 5.73 Å². The van der Waals surface area contributed by atoms with Crippen molar-refractivity contribution < 1.29 is 30.9 Å². The van der Waals surface area contributed by atoms with Gasteiger partial charge in [0.2, 0.25) is 0 Å². The smallest absolute Gasteiger partial charge is 0.292 e. The first kappa shape index (κ1) is 30.5. The average molecular weight is 572 g/mol. The van der Waals surface area contributed by atoms with Crippen LogP contribution in [0.15, 0.2) is 41.4 Å². The molecule has 1 saturated heterocycles. The maximum atomic E-state index is 12.8. The number of ether oxygens (including phenoxy) is 2. The number of hydrogen-bond acceptors (Lipinski definition) is 8. The molecule has 210 valence electrons. The van der Waals surface area contributed by atoms with E-state index in [2.05, 4.69) is 67.7 Å². The van der Waals surface area contributed by atoms with Crippen LogP contribution in [0.2, 0.25) is 36.3 Å². The summed E-state index contributed by atoms with van der Waals surface area (Å²) in [5.41, 5.74) is 5.88. The van der Waals surface area contributed by atoms with Gasteiger partial charge in [-0.15, -0.1) is 0 Å². The second-order valence-electron chi connectivity index (χ2n) is 13.1. The lowest BCUT2D eigenvalue weighted by atomic mass is 9.90. The van der Waals surface area contributed by atoms with Crippen LogP contribution in [0.1, 0.15) is 47.1 Å². The van der Waals surface area contributed by atoms with Gasteiger partial charge in [-0.3, -0.25) is 0 Å². The minimum absolute atomic E-state index is 0.0471. The zero-order valence-electron chi connectivity index (χ0n) is 24.0. The van der Waals surface area contributed by atoms with Crippen LogP contribution in [0.4, 0.5) is 0 Å². The molecule has 2 aliphatic rings. The molecule has 4 atom stereocenters. The Balaban J connectivity index is 2.03. The molecule has 11 heteroatoms. The van der Waals surface area contributed by atoms with Crippen LogP contribution >= 0.6 is 0 Å².